The molecule has 0 radical (unpaired) electrons. The van der Waals surface area contributed by atoms with E-state index in [-0.39, 0.29) is 12.2 Å². The molecule has 0 fully saturated rings. The number of rotatable bonds is 9. The molecule has 0 unspecified atom stereocenters. The van der Waals surface area contributed by atoms with Crippen molar-refractivity contribution in [2.24, 2.45) is 0 Å². The highest BCUT2D eigenvalue weighted by Gasteiger charge is 2.38. The summed E-state index contributed by atoms with van der Waals surface area (Å²) < 4.78 is 76.0. The summed E-state index contributed by atoms with van der Waals surface area (Å²) in [6, 6.07) is 15.9. The lowest BCUT2D eigenvalue weighted by atomic mass is 10.2. The third kappa shape index (κ3) is 6.36. The van der Waals surface area contributed by atoms with Gasteiger partial charge in [-0.1, -0.05) is 18.2 Å². The molecule has 0 amide bonds. The smallest absolute Gasteiger partial charge is 0.404 e. The molecule has 10 heteroatoms. The Balaban J connectivity index is 1.89. The molecule has 0 saturated carbocycles. The van der Waals surface area contributed by atoms with Crippen molar-refractivity contribution in [3.63, 3.8) is 0 Å². The van der Waals surface area contributed by atoms with Crippen LogP contribution in [0.4, 0.5) is 18.9 Å². The second kappa shape index (κ2) is 9.90. The number of alkyl halides is 3. The van der Waals surface area contributed by atoms with E-state index in [9.17, 15) is 21.6 Å². The molecule has 3 rings (SSSR count). The number of anilines is 1. The van der Waals surface area contributed by atoms with Crippen molar-refractivity contribution < 1.29 is 31.1 Å². The monoisotopic (exact) mass is 466 g/mol. The van der Waals surface area contributed by atoms with Crippen LogP contribution in [-0.4, -0.2) is 31.9 Å². The second-order valence-electron chi connectivity index (χ2n) is 6.72. The van der Waals surface area contributed by atoms with Gasteiger partial charge in [-0.3, -0.25) is 9.29 Å². The average molecular weight is 466 g/mol. The van der Waals surface area contributed by atoms with Crippen LogP contribution in [0.2, 0.25) is 0 Å². The van der Waals surface area contributed by atoms with E-state index in [0.29, 0.717) is 29.4 Å². The highest BCUT2D eigenvalue weighted by Crippen LogP contribution is 2.33. The SMILES string of the molecule is CCOc1ccccc1Oc1ccc(N(Cc2cccnc2)S(=O)(=O)CC(F)(F)F)cc1. The van der Waals surface area contributed by atoms with Crippen LogP contribution in [0.25, 0.3) is 0 Å². The molecule has 0 atom stereocenters. The maximum absolute atomic E-state index is 12.9. The first-order valence-corrected chi connectivity index (χ1v) is 11.2. The van der Waals surface area contributed by atoms with Crippen LogP contribution in [0.15, 0.2) is 73.1 Å². The van der Waals surface area contributed by atoms with Gasteiger partial charge in [-0.05, 0) is 55.0 Å². The van der Waals surface area contributed by atoms with Crippen LogP contribution in [-0.2, 0) is 16.6 Å². The molecule has 170 valence electrons. The van der Waals surface area contributed by atoms with E-state index in [1.54, 1.807) is 36.4 Å². The van der Waals surface area contributed by atoms with Crippen molar-refractivity contribution in [3.05, 3.63) is 78.6 Å². The Morgan fingerprint density at radius 3 is 2.25 bits per heavy atom. The molecule has 3 aromatic rings. The maximum Gasteiger partial charge on any atom is 0.404 e. The standard InChI is InChI=1S/C22H21F3N2O4S/c1-2-30-20-7-3-4-8-21(20)31-19-11-9-18(10-12-19)27(15-17-6-5-13-26-14-17)32(28,29)16-22(23,24)25/h3-14H,2,15-16H2,1H3. The van der Waals surface area contributed by atoms with Crippen LogP contribution < -0.4 is 13.8 Å². The molecule has 0 aliphatic heterocycles. The summed E-state index contributed by atoms with van der Waals surface area (Å²) in [7, 11) is -4.70. The van der Waals surface area contributed by atoms with Crippen molar-refractivity contribution in [3.8, 4) is 17.2 Å². The van der Waals surface area contributed by atoms with Crippen LogP contribution >= 0.6 is 0 Å². The molecule has 1 heterocycles. The van der Waals surface area contributed by atoms with Crippen molar-refractivity contribution in [1.29, 1.82) is 0 Å². The van der Waals surface area contributed by atoms with E-state index in [1.165, 1.54) is 36.7 Å². The fraction of sp³-hybridized carbons (Fsp3) is 0.227. The Kier molecular flexibility index (Phi) is 7.24. The van der Waals surface area contributed by atoms with Crippen LogP contribution in [0, 0.1) is 0 Å². The van der Waals surface area contributed by atoms with Crippen molar-refractivity contribution >= 4 is 15.7 Å². The third-order valence-electron chi connectivity index (χ3n) is 4.23. The molecule has 0 aliphatic carbocycles. The first kappa shape index (κ1) is 23.4. The number of hydrogen-bond donors (Lipinski definition) is 0. The van der Waals surface area contributed by atoms with Gasteiger partial charge in [-0.2, -0.15) is 13.2 Å². The van der Waals surface area contributed by atoms with Crippen LogP contribution in [0.1, 0.15) is 12.5 Å². The molecule has 2 aromatic carbocycles. The van der Waals surface area contributed by atoms with Gasteiger partial charge in [0, 0.05) is 12.4 Å². The summed E-state index contributed by atoms with van der Waals surface area (Å²) in [4.78, 5) is 3.90. The quantitative estimate of drug-likeness (QED) is 0.435. The molecule has 0 spiro atoms. The van der Waals surface area contributed by atoms with E-state index in [1.807, 2.05) is 6.92 Å². The number of para-hydroxylation sites is 2. The zero-order valence-corrected chi connectivity index (χ0v) is 17.9. The van der Waals surface area contributed by atoms with E-state index < -0.39 is 22.0 Å². The summed E-state index contributed by atoms with van der Waals surface area (Å²) in [6.45, 7) is 1.99. The van der Waals surface area contributed by atoms with Gasteiger partial charge in [-0.15, -0.1) is 0 Å². The molecule has 6 nitrogen and oxygen atoms in total. The van der Waals surface area contributed by atoms with Crippen molar-refractivity contribution in [2.75, 3.05) is 16.7 Å². The highest BCUT2D eigenvalue weighted by atomic mass is 32.2. The molecular formula is C22H21F3N2O4S. The van der Waals surface area contributed by atoms with Gasteiger partial charge in [0.2, 0.25) is 10.0 Å². The number of aromatic nitrogens is 1. The summed E-state index contributed by atoms with van der Waals surface area (Å²) in [5.41, 5.74) is 0.521. The van der Waals surface area contributed by atoms with Gasteiger partial charge < -0.3 is 9.47 Å². The fourth-order valence-electron chi connectivity index (χ4n) is 2.91. The van der Waals surface area contributed by atoms with E-state index in [4.69, 9.17) is 9.47 Å². The first-order chi connectivity index (χ1) is 15.2. The molecule has 0 aliphatic rings. The lowest BCUT2D eigenvalue weighted by molar-refractivity contribution is -0.106. The maximum atomic E-state index is 12.9. The number of hydrogen-bond acceptors (Lipinski definition) is 5. The van der Waals surface area contributed by atoms with Gasteiger partial charge in [0.1, 0.15) is 5.75 Å². The predicted octanol–water partition coefficient (Wildman–Crippen LogP) is 5.17. The summed E-state index contributed by atoms with van der Waals surface area (Å²) in [5.74, 6) is -0.611. The molecule has 0 bridgehead atoms. The Labute approximate surface area is 184 Å². The normalized spacial score (nSPS) is 11.8. The van der Waals surface area contributed by atoms with Gasteiger partial charge >= 0.3 is 6.18 Å². The summed E-state index contributed by atoms with van der Waals surface area (Å²) >= 11 is 0. The van der Waals surface area contributed by atoms with Gasteiger partial charge in [0.15, 0.2) is 17.3 Å². The molecule has 32 heavy (non-hydrogen) atoms. The third-order valence-corrected chi connectivity index (χ3v) is 5.94. The zero-order chi connectivity index (χ0) is 23.2. The average Bonchev–Trinajstić information content (AvgIpc) is 2.73. The summed E-state index contributed by atoms with van der Waals surface area (Å²) in [6.07, 6.45) is -1.99. The number of benzene rings is 2. The molecule has 0 saturated heterocycles. The van der Waals surface area contributed by atoms with E-state index >= 15 is 0 Å². The van der Waals surface area contributed by atoms with E-state index in [0.717, 1.165) is 4.31 Å². The second-order valence-corrected chi connectivity index (χ2v) is 8.61. The van der Waals surface area contributed by atoms with Gasteiger partial charge in [0.05, 0.1) is 18.8 Å². The lowest BCUT2D eigenvalue weighted by Crippen LogP contribution is -2.37. The Morgan fingerprint density at radius 1 is 0.969 bits per heavy atom. The minimum atomic E-state index is -4.88. The molecular weight excluding hydrogens is 445 g/mol. The molecule has 0 N–H and O–H groups in total. The van der Waals surface area contributed by atoms with Crippen LogP contribution in [0.3, 0.4) is 0 Å². The van der Waals surface area contributed by atoms with Crippen molar-refractivity contribution in [1.82, 2.24) is 4.98 Å². The Bertz CT molecular complexity index is 1120. The van der Waals surface area contributed by atoms with Crippen molar-refractivity contribution in [2.45, 2.75) is 19.6 Å². The largest absolute Gasteiger partial charge is 0.490 e. The van der Waals surface area contributed by atoms with Gasteiger partial charge in [0.25, 0.3) is 0 Å². The molecule has 1 aromatic heterocycles. The Hall–Kier alpha value is -3.27. The first-order valence-electron chi connectivity index (χ1n) is 9.64. The van der Waals surface area contributed by atoms with Gasteiger partial charge in [-0.25, -0.2) is 8.42 Å². The highest BCUT2D eigenvalue weighted by molar-refractivity contribution is 7.92. The topological polar surface area (TPSA) is 68.7 Å². The zero-order valence-electron chi connectivity index (χ0n) is 17.1. The minimum absolute atomic E-state index is 0.0727. The predicted molar refractivity (Wildman–Crippen MR) is 114 cm³/mol. The number of nitrogens with zero attached hydrogens (tertiary/aromatic N) is 2. The number of sulfonamides is 1. The summed E-state index contributed by atoms with van der Waals surface area (Å²) in [5, 5.41) is 0. The Morgan fingerprint density at radius 2 is 1.66 bits per heavy atom. The number of ether oxygens (including phenoxy) is 2. The lowest BCUT2D eigenvalue weighted by Gasteiger charge is -2.25. The minimum Gasteiger partial charge on any atom is -0.490 e. The van der Waals surface area contributed by atoms with E-state index in [2.05, 4.69) is 4.98 Å². The fourth-order valence-corrected chi connectivity index (χ4v) is 4.27. The number of pyridine rings is 1. The number of halogens is 3. The van der Waals surface area contributed by atoms with Crippen LogP contribution in [0.5, 0.6) is 17.2 Å².